The lowest BCUT2D eigenvalue weighted by Gasteiger charge is -2.34. The van der Waals surface area contributed by atoms with E-state index in [0.717, 1.165) is 17.7 Å². The lowest BCUT2D eigenvalue weighted by atomic mass is 10.0. The zero-order valence-corrected chi connectivity index (χ0v) is 11.5. The quantitative estimate of drug-likeness (QED) is 0.874. The van der Waals surface area contributed by atoms with Gasteiger partial charge in [0.05, 0.1) is 6.61 Å². The van der Waals surface area contributed by atoms with Gasteiger partial charge in [-0.25, -0.2) is 0 Å². The number of hydrogen-bond acceptors (Lipinski definition) is 3. The highest BCUT2D eigenvalue weighted by Gasteiger charge is 2.32. The molecule has 0 aromatic heterocycles. The van der Waals surface area contributed by atoms with Gasteiger partial charge in [0.2, 0.25) is 5.91 Å². The third-order valence-corrected chi connectivity index (χ3v) is 3.91. The minimum atomic E-state index is -0.360. The summed E-state index contributed by atoms with van der Waals surface area (Å²) in [6, 6.07) is 5.16. The van der Waals surface area contributed by atoms with Crippen LogP contribution in [0.1, 0.15) is 29.3 Å². The molecular formula is C15H18N2O3. The number of benzene rings is 1. The number of rotatable bonds is 2. The van der Waals surface area contributed by atoms with Crippen LogP contribution in [0.25, 0.3) is 0 Å². The molecule has 1 aromatic carbocycles. The summed E-state index contributed by atoms with van der Waals surface area (Å²) < 4.78 is 5.45. The van der Waals surface area contributed by atoms with E-state index in [1.54, 1.807) is 11.0 Å². The van der Waals surface area contributed by atoms with E-state index in [0.29, 0.717) is 31.7 Å². The molecule has 2 amide bonds. The zero-order valence-electron chi connectivity index (χ0n) is 11.5. The Morgan fingerprint density at radius 1 is 1.50 bits per heavy atom. The van der Waals surface area contributed by atoms with Crippen LogP contribution in [0.15, 0.2) is 18.2 Å². The molecule has 0 radical (unpaired) electrons. The topological polar surface area (TPSA) is 58.6 Å². The third-order valence-electron chi connectivity index (χ3n) is 3.91. The zero-order chi connectivity index (χ0) is 14.1. The minimum absolute atomic E-state index is 0.0587. The van der Waals surface area contributed by atoms with Crippen molar-refractivity contribution in [2.24, 2.45) is 0 Å². The van der Waals surface area contributed by atoms with Gasteiger partial charge in [0.15, 0.2) is 0 Å². The fourth-order valence-corrected chi connectivity index (χ4v) is 2.85. The minimum Gasteiger partial charge on any atom is -0.493 e. The predicted octanol–water partition coefficient (Wildman–Crippen LogP) is 0.972. The van der Waals surface area contributed by atoms with Crippen LogP contribution in [-0.2, 0) is 11.2 Å². The fourth-order valence-electron chi connectivity index (χ4n) is 2.85. The molecule has 1 aromatic rings. The molecular weight excluding hydrogens is 256 g/mol. The van der Waals surface area contributed by atoms with Crippen molar-refractivity contribution in [2.45, 2.75) is 25.8 Å². The molecule has 1 saturated heterocycles. The Balaban J connectivity index is 1.86. The lowest BCUT2D eigenvalue weighted by Crippen LogP contribution is -2.56. The summed E-state index contributed by atoms with van der Waals surface area (Å²) in [5.74, 6) is 0.739. The van der Waals surface area contributed by atoms with Crippen molar-refractivity contribution in [3.63, 3.8) is 0 Å². The molecule has 2 aliphatic rings. The Hall–Kier alpha value is -2.04. The molecule has 106 valence electrons. The van der Waals surface area contributed by atoms with Crippen molar-refractivity contribution in [2.75, 3.05) is 19.7 Å². The smallest absolute Gasteiger partial charge is 0.254 e. The third kappa shape index (κ3) is 2.13. The van der Waals surface area contributed by atoms with Gasteiger partial charge in [-0.05, 0) is 30.2 Å². The number of carbonyl (C=O) groups is 2. The van der Waals surface area contributed by atoms with Gasteiger partial charge in [-0.2, -0.15) is 0 Å². The van der Waals surface area contributed by atoms with Gasteiger partial charge in [0.1, 0.15) is 11.8 Å². The number of fused-ring (bicyclic) bond motifs is 1. The molecule has 1 fully saturated rings. The normalized spacial score (nSPS) is 21.1. The number of nitrogens with one attached hydrogen (secondary N) is 1. The van der Waals surface area contributed by atoms with E-state index in [-0.39, 0.29) is 17.9 Å². The Morgan fingerprint density at radius 2 is 2.35 bits per heavy atom. The van der Waals surface area contributed by atoms with Gasteiger partial charge in [-0.3, -0.25) is 9.59 Å². The summed E-state index contributed by atoms with van der Waals surface area (Å²) in [6.45, 7) is 3.69. The first-order chi connectivity index (χ1) is 9.70. The number of ether oxygens (including phenoxy) is 1. The molecule has 20 heavy (non-hydrogen) atoms. The monoisotopic (exact) mass is 274 g/mol. The van der Waals surface area contributed by atoms with Crippen molar-refractivity contribution in [3.8, 4) is 5.75 Å². The molecule has 5 nitrogen and oxygen atoms in total. The molecule has 0 saturated carbocycles. The summed E-state index contributed by atoms with van der Waals surface area (Å²) in [5.41, 5.74) is 1.72. The van der Waals surface area contributed by atoms with E-state index >= 15 is 0 Å². The van der Waals surface area contributed by atoms with Crippen LogP contribution in [0.4, 0.5) is 0 Å². The summed E-state index contributed by atoms with van der Waals surface area (Å²) in [7, 11) is 0. The van der Waals surface area contributed by atoms with Gasteiger partial charge in [0, 0.05) is 25.1 Å². The van der Waals surface area contributed by atoms with E-state index < -0.39 is 0 Å². The second-order valence-electron chi connectivity index (χ2n) is 5.13. The van der Waals surface area contributed by atoms with Crippen molar-refractivity contribution in [1.82, 2.24) is 10.2 Å². The van der Waals surface area contributed by atoms with Crippen LogP contribution >= 0.6 is 0 Å². The number of carbonyl (C=O) groups excluding carboxylic acids is 2. The molecule has 3 rings (SSSR count). The first-order valence-electron chi connectivity index (χ1n) is 7.05. The number of nitrogens with zero attached hydrogens (tertiary/aromatic N) is 1. The van der Waals surface area contributed by atoms with Crippen LogP contribution in [-0.4, -0.2) is 42.5 Å². The number of hydrogen-bond donors (Lipinski definition) is 1. The highest BCUT2D eigenvalue weighted by molar-refractivity contribution is 5.98. The van der Waals surface area contributed by atoms with E-state index in [4.69, 9.17) is 4.74 Å². The molecule has 0 spiro atoms. The van der Waals surface area contributed by atoms with Gasteiger partial charge in [-0.15, -0.1) is 0 Å². The fraction of sp³-hybridized carbons (Fsp3) is 0.467. The molecule has 2 heterocycles. The maximum atomic E-state index is 12.6. The Morgan fingerprint density at radius 3 is 3.15 bits per heavy atom. The SMILES string of the molecule is CCC1C(=O)NCCN1C(=O)c1ccc2c(c1)CCO2. The lowest BCUT2D eigenvalue weighted by molar-refractivity contribution is -0.127. The average molecular weight is 274 g/mol. The second kappa shape index (κ2) is 5.15. The standard InChI is InChI=1S/C15H18N2O3/c1-2-12-14(18)16-6-7-17(12)15(19)11-3-4-13-10(9-11)5-8-20-13/h3-4,9,12H,2,5-8H2,1H3,(H,16,18). The number of amides is 2. The van der Waals surface area contributed by atoms with E-state index in [2.05, 4.69) is 5.32 Å². The van der Waals surface area contributed by atoms with E-state index in [1.165, 1.54) is 0 Å². The van der Waals surface area contributed by atoms with Crippen molar-refractivity contribution < 1.29 is 14.3 Å². The Labute approximate surface area is 117 Å². The highest BCUT2D eigenvalue weighted by Crippen LogP contribution is 2.26. The molecule has 1 unspecified atom stereocenters. The molecule has 1 N–H and O–H groups in total. The van der Waals surface area contributed by atoms with Crippen molar-refractivity contribution >= 4 is 11.8 Å². The summed E-state index contributed by atoms with van der Waals surface area (Å²) in [5, 5.41) is 2.81. The number of piperazine rings is 1. The first-order valence-corrected chi connectivity index (χ1v) is 7.05. The summed E-state index contributed by atoms with van der Waals surface area (Å²) >= 11 is 0. The van der Waals surface area contributed by atoms with Crippen LogP contribution in [0.2, 0.25) is 0 Å². The second-order valence-corrected chi connectivity index (χ2v) is 5.13. The van der Waals surface area contributed by atoms with Crippen molar-refractivity contribution in [3.05, 3.63) is 29.3 Å². The molecule has 5 heteroatoms. The molecule has 2 aliphatic heterocycles. The molecule has 0 bridgehead atoms. The maximum absolute atomic E-state index is 12.6. The van der Waals surface area contributed by atoms with Crippen LogP contribution in [0.3, 0.4) is 0 Å². The molecule has 1 atom stereocenters. The molecule has 0 aliphatic carbocycles. The van der Waals surface area contributed by atoms with Crippen LogP contribution in [0.5, 0.6) is 5.75 Å². The Bertz CT molecular complexity index is 556. The van der Waals surface area contributed by atoms with Gasteiger partial charge in [-0.1, -0.05) is 6.92 Å². The Kier molecular flexibility index (Phi) is 3.34. The van der Waals surface area contributed by atoms with Gasteiger partial charge in [0.25, 0.3) is 5.91 Å². The maximum Gasteiger partial charge on any atom is 0.254 e. The largest absolute Gasteiger partial charge is 0.493 e. The van der Waals surface area contributed by atoms with Gasteiger partial charge < -0.3 is 15.0 Å². The summed E-state index contributed by atoms with van der Waals surface area (Å²) in [6.07, 6.45) is 1.47. The predicted molar refractivity (Wildman–Crippen MR) is 73.8 cm³/mol. The van der Waals surface area contributed by atoms with E-state index in [9.17, 15) is 9.59 Å². The van der Waals surface area contributed by atoms with Gasteiger partial charge >= 0.3 is 0 Å². The average Bonchev–Trinajstić information content (AvgIpc) is 2.93. The highest BCUT2D eigenvalue weighted by atomic mass is 16.5. The van der Waals surface area contributed by atoms with E-state index in [1.807, 2.05) is 19.1 Å². The summed E-state index contributed by atoms with van der Waals surface area (Å²) in [4.78, 5) is 26.1. The van der Waals surface area contributed by atoms with Crippen LogP contribution in [0, 0.1) is 0 Å². The van der Waals surface area contributed by atoms with Crippen molar-refractivity contribution in [1.29, 1.82) is 0 Å². The first kappa shape index (κ1) is 13.0. The van der Waals surface area contributed by atoms with Crippen LogP contribution < -0.4 is 10.1 Å².